The SMILES string of the molecule is C[C@@H]1CN([C@H]2CCN3c4cc5c(cc4OCC[C@H]3C2)C(=O)N(C2CCC(=O)NC2=O)C5=O)CCN1c1ccc(Nc2cc(-c3ccnc(N4CCn5c(cc6c5CC(C)(C)C6)C4=O)c3CO)cn(C)c2=O)nc1. The van der Waals surface area contributed by atoms with E-state index in [9.17, 15) is 33.9 Å². The number of imide groups is 2. The molecule has 19 nitrogen and oxygen atoms in total. The average Bonchev–Trinajstić information content (AvgIpc) is 3.90. The molecule has 5 amide bonds. The molecule has 5 aromatic rings. The molecule has 3 saturated heterocycles. The molecular formula is C54H59N11O8. The summed E-state index contributed by atoms with van der Waals surface area (Å²) in [4.78, 5) is 98.7. The lowest BCUT2D eigenvalue weighted by Crippen LogP contribution is -2.58. The zero-order valence-electron chi connectivity index (χ0n) is 41.5. The second-order valence-electron chi connectivity index (χ2n) is 21.5. The number of aromatic nitrogens is 4. The van der Waals surface area contributed by atoms with Crippen molar-refractivity contribution in [2.75, 3.05) is 59.3 Å². The summed E-state index contributed by atoms with van der Waals surface area (Å²) in [6.07, 6.45) is 9.86. The second-order valence-corrected chi connectivity index (χ2v) is 21.5. The molecule has 3 N–H and O–H groups in total. The number of piperidine rings is 2. The van der Waals surface area contributed by atoms with Crippen LogP contribution >= 0.6 is 0 Å². The van der Waals surface area contributed by atoms with Gasteiger partial charge in [-0.15, -0.1) is 0 Å². The largest absolute Gasteiger partial charge is 0.491 e. The van der Waals surface area contributed by atoms with Gasteiger partial charge in [-0.2, -0.15) is 0 Å². The number of pyridine rings is 3. The third-order valence-corrected chi connectivity index (χ3v) is 16.3. The molecule has 6 aliphatic heterocycles. The molecule has 378 valence electrons. The monoisotopic (exact) mass is 989 g/mol. The van der Waals surface area contributed by atoms with E-state index in [1.54, 1.807) is 48.6 Å². The van der Waals surface area contributed by atoms with E-state index in [1.807, 2.05) is 24.4 Å². The molecule has 0 radical (unpaired) electrons. The molecule has 12 rings (SSSR count). The summed E-state index contributed by atoms with van der Waals surface area (Å²) in [6.45, 7) is 11.2. The van der Waals surface area contributed by atoms with Gasteiger partial charge in [0.25, 0.3) is 23.3 Å². The Hall–Kier alpha value is -7.38. The van der Waals surface area contributed by atoms with Gasteiger partial charge in [-0.05, 0) is 98.0 Å². The van der Waals surface area contributed by atoms with Gasteiger partial charge < -0.3 is 34.1 Å². The first-order valence-corrected chi connectivity index (χ1v) is 25.5. The number of nitrogens with zero attached hydrogens (tertiary/aromatic N) is 9. The Bertz CT molecular complexity index is 3220. The van der Waals surface area contributed by atoms with E-state index in [-0.39, 0.29) is 59.5 Å². The molecule has 4 atom stereocenters. The summed E-state index contributed by atoms with van der Waals surface area (Å²) < 4.78 is 9.90. The van der Waals surface area contributed by atoms with Crippen LogP contribution < -0.4 is 35.6 Å². The maximum absolute atomic E-state index is 14.0. The maximum Gasteiger partial charge on any atom is 0.276 e. The van der Waals surface area contributed by atoms with Crippen LogP contribution in [-0.4, -0.2) is 127 Å². The number of piperazine rings is 1. The molecule has 1 aliphatic carbocycles. The van der Waals surface area contributed by atoms with E-state index in [0.29, 0.717) is 71.2 Å². The van der Waals surface area contributed by atoms with Gasteiger partial charge in [-0.1, -0.05) is 13.8 Å². The standard InChI is InChI=1S/C54H59N11O8/c1-30-27-60(33-10-13-62-34(21-33)11-18-73-45-23-38-37(22-42(45)62)50(69)65(51(38)70)41-6-8-47(67)58-49(41)68)14-15-61(30)35-5-7-46(56-26-35)57-40-19-32(28-59(4)52(40)71)36-9-12-55-48(39(36)29-66)64-17-16-63-43(53(64)72)20-31-24-54(2,3)25-44(31)63/h5,7,9,12,19-20,22-23,26,28,30,33-34,41,66H,6,8,10-11,13-18,21,24-25,27,29H2,1-4H3,(H,56,57)(H,58,67,68)/t30-,33+,34+,41?/m1/s1. The summed E-state index contributed by atoms with van der Waals surface area (Å²) in [7, 11) is 1.69. The van der Waals surface area contributed by atoms with Gasteiger partial charge in [-0.25, -0.2) is 9.97 Å². The summed E-state index contributed by atoms with van der Waals surface area (Å²) >= 11 is 0. The molecule has 7 aliphatic rings. The van der Waals surface area contributed by atoms with E-state index in [0.717, 1.165) is 74.6 Å². The van der Waals surface area contributed by atoms with Crippen molar-refractivity contribution in [1.29, 1.82) is 0 Å². The van der Waals surface area contributed by atoms with Gasteiger partial charge in [0.05, 0.1) is 41.9 Å². The molecule has 73 heavy (non-hydrogen) atoms. The summed E-state index contributed by atoms with van der Waals surface area (Å²) in [5, 5.41) is 16.3. The van der Waals surface area contributed by atoms with Gasteiger partial charge in [0.1, 0.15) is 34.8 Å². The first-order chi connectivity index (χ1) is 35.1. The summed E-state index contributed by atoms with van der Waals surface area (Å²) in [5.74, 6) is -0.777. The molecule has 0 spiro atoms. The summed E-state index contributed by atoms with van der Waals surface area (Å²) in [5.41, 5.74) is 7.45. The predicted octanol–water partition coefficient (Wildman–Crippen LogP) is 4.40. The van der Waals surface area contributed by atoms with E-state index in [4.69, 9.17) is 9.72 Å². The fourth-order valence-corrected chi connectivity index (χ4v) is 12.8. The highest BCUT2D eigenvalue weighted by molar-refractivity contribution is 6.24. The third-order valence-electron chi connectivity index (χ3n) is 16.3. The lowest BCUT2D eigenvalue weighted by Gasteiger charge is -2.48. The van der Waals surface area contributed by atoms with Gasteiger partial charge in [0.2, 0.25) is 11.8 Å². The third kappa shape index (κ3) is 7.94. The van der Waals surface area contributed by atoms with Crippen LogP contribution in [0.3, 0.4) is 0 Å². The minimum absolute atomic E-state index is 0.0603. The number of carbonyl (C=O) groups is 5. The van der Waals surface area contributed by atoms with Crippen LogP contribution in [-0.2, 0) is 42.6 Å². The Morgan fingerprint density at radius 1 is 0.849 bits per heavy atom. The molecule has 1 unspecified atom stereocenters. The van der Waals surface area contributed by atoms with Crippen LogP contribution in [0.2, 0.25) is 0 Å². The number of aliphatic hydroxyl groups excluding tert-OH is 1. The first-order valence-electron chi connectivity index (χ1n) is 25.5. The number of hydrogen-bond acceptors (Lipinski definition) is 14. The fraction of sp³-hybridized carbons (Fsp3) is 0.444. The zero-order valence-corrected chi connectivity index (χ0v) is 41.5. The number of amides is 5. The number of hydrogen-bond donors (Lipinski definition) is 3. The summed E-state index contributed by atoms with van der Waals surface area (Å²) in [6, 6.07) is 12.6. The van der Waals surface area contributed by atoms with E-state index in [2.05, 4.69) is 55.7 Å². The molecule has 19 heteroatoms. The quantitative estimate of drug-likeness (QED) is 0.185. The zero-order chi connectivity index (χ0) is 50.6. The van der Waals surface area contributed by atoms with Crippen molar-refractivity contribution in [1.82, 2.24) is 34.2 Å². The van der Waals surface area contributed by atoms with E-state index >= 15 is 0 Å². The smallest absolute Gasteiger partial charge is 0.276 e. The molecule has 4 aromatic heterocycles. The Labute approximate surface area is 421 Å². The van der Waals surface area contributed by atoms with Crippen molar-refractivity contribution in [3.8, 4) is 16.9 Å². The van der Waals surface area contributed by atoms with Crippen molar-refractivity contribution < 1.29 is 33.8 Å². The topological polar surface area (TPSA) is 208 Å². The van der Waals surface area contributed by atoms with Crippen molar-refractivity contribution in [3.05, 3.63) is 105 Å². The van der Waals surface area contributed by atoms with Gasteiger partial charge in [0, 0.05) is 106 Å². The Kier molecular flexibility index (Phi) is 11.3. The number of rotatable bonds is 8. The molecule has 10 heterocycles. The minimum Gasteiger partial charge on any atom is -0.491 e. The number of carbonyl (C=O) groups excluding carboxylic acids is 5. The highest BCUT2D eigenvalue weighted by Gasteiger charge is 2.47. The van der Waals surface area contributed by atoms with Gasteiger partial charge >= 0.3 is 0 Å². The highest BCUT2D eigenvalue weighted by atomic mass is 16.5. The molecule has 0 saturated carbocycles. The normalized spacial score (nSPS) is 23.6. The Balaban J connectivity index is 0.698. The highest BCUT2D eigenvalue weighted by Crippen LogP contribution is 2.44. The number of fused-ring (bicyclic) bond motifs is 7. The van der Waals surface area contributed by atoms with Crippen molar-refractivity contribution >= 4 is 58.2 Å². The van der Waals surface area contributed by atoms with Crippen LogP contribution in [0.25, 0.3) is 11.1 Å². The maximum atomic E-state index is 14.0. The second kappa shape index (κ2) is 17.7. The van der Waals surface area contributed by atoms with Crippen LogP contribution in [0.5, 0.6) is 5.75 Å². The lowest BCUT2D eigenvalue weighted by atomic mass is 9.90. The molecule has 1 aromatic carbocycles. The van der Waals surface area contributed by atoms with Gasteiger partial charge in [-0.3, -0.25) is 48.8 Å². The number of anilines is 5. The molecule has 3 fully saturated rings. The van der Waals surface area contributed by atoms with Crippen LogP contribution in [0.4, 0.5) is 28.7 Å². The number of ether oxygens (including phenoxy) is 1. The van der Waals surface area contributed by atoms with E-state index < -0.39 is 29.7 Å². The average molecular weight is 990 g/mol. The minimum atomic E-state index is -1.03. The number of nitrogens with one attached hydrogen (secondary N) is 2. The number of aliphatic hydroxyl groups is 1. The fourth-order valence-electron chi connectivity index (χ4n) is 12.8. The Morgan fingerprint density at radius 3 is 2.44 bits per heavy atom. The van der Waals surface area contributed by atoms with Crippen molar-refractivity contribution in [2.45, 2.75) is 103 Å². The predicted molar refractivity (Wildman–Crippen MR) is 271 cm³/mol. The number of aryl methyl sites for hydroxylation is 1. The van der Waals surface area contributed by atoms with Crippen LogP contribution in [0.15, 0.2) is 65.8 Å². The van der Waals surface area contributed by atoms with E-state index in [1.165, 1.54) is 15.8 Å². The van der Waals surface area contributed by atoms with Crippen LogP contribution in [0.1, 0.15) is 101 Å². The first kappa shape index (κ1) is 46.7. The molecular weight excluding hydrogens is 931 g/mol. The van der Waals surface area contributed by atoms with Crippen LogP contribution in [0, 0.1) is 5.41 Å². The lowest BCUT2D eigenvalue weighted by molar-refractivity contribution is -0.136. The Morgan fingerprint density at radius 2 is 1.67 bits per heavy atom. The van der Waals surface area contributed by atoms with Crippen molar-refractivity contribution in [3.63, 3.8) is 0 Å². The molecule has 0 bridgehead atoms. The van der Waals surface area contributed by atoms with Crippen molar-refractivity contribution in [2.24, 2.45) is 12.5 Å². The van der Waals surface area contributed by atoms with Gasteiger partial charge in [0.15, 0.2) is 0 Å². The number of benzene rings is 1.